The summed E-state index contributed by atoms with van der Waals surface area (Å²) in [5.41, 5.74) is 2.01. The first-order valence-electron chi connectivity index (χ1n) is 11.3. The molecule has 0 aromatic heterocycles. The Hall–Kier alpha value is -2.60. The molecule has 6 nitrogen and oxygen atoms in total. The minimum atomic E-state index is -0.922. The molecule has 1 N–H and O–H groups in total. The number of halogens is 1. The van der Waals surface area contributed by atoms with Gasteiger partial charge in [0.15, 0.2) is 0 Å². The Morgan fingerprint density at radius 1 is 1.28 bits per heavy atom. The highest BCUT2D eigenvalue weighted by Gasteiger charge is 2.49. The number of piperazine rings is 1. The second-order valence-electron chi connectivity index (χ2n) is 9.41. The van der Waals surface area contributed by atoms with Gasteiger partial charge in [0.1, 0.15) is 11.2 Å². The van der Waals surface area contributed by atoms with Crippen LogP contribution in [0.5, 0.6) is 0 Å². The molecule has 2 saturated heterocycles. The Balaban J connectivity index is 1.70. The number of benzene rings is 1. The van der Waals surface area contributed by atoms with Crippen LogP contribution in [0.2, 0.25) is 5.02 Å². The largest absolute Gasteiger partial charge is 0.352 e. The van der Waals surface area contributed by atoms with Crippen molar-refractivity contribution in [3.63, 3.8) is 0 Å². The van der Waals surface area contributed by atoms with E-state index >= 15 is 0 Å². The van der Waals surface area contributed by atoms with Gasteiger partial charge in [-0.25, -0.2) is 4.99 Å². The summed E-state index contributed by atoms with van der Waals surface area (Å²) in [7, 11) is 0. The third-order valence-electron chi connectivity index (χ3n) is 7.06. The molecule has 2 aliphatic heterocycles. The van der Waals surface area contributed by atoms with E-state index in [-0.39, 0.29) is 17.2 Å². The maximum absolute atomic E-state index is 13.5. The molecule has 3 fully saturated rings. The van der Waals surface area contributed by atoms with Gasteiger partial charge in [-0.1, -0.05) is 43.2 Å². The van der Waals surface area contributed by atoms with Crippen molar-refractivity contribution in [2.75, 3.05) is 24.5 Å². The number of nitrogens with one attached hydrogen (secondary N) is 1. The first-order chi connectivity index (χ1) is 15.2. The lowest BCUT2D eigenvalue weighted by molar-refractivity contribution is -0.146. The summed E-state index contributed by atoms with van der Waals surface area (Å²) in [4.78, 5) is 34.6. The van der Waals surface area contributed by atoms with Crippen LogP contribution >= 0.6 is 11.6 Å². The molecule has 3 aliphatic rings. The summed E-state index contributed by atoms with van der Waals surface area (Å²) in [5, 5.41) is 3.52. The topological polar surface area (TPSA) is 65.0 Å². The fourth-order valence-electron chi connectivity index (χ4n) is 5.18. The van der Waals surface area contributed by atoms with E-state index in [1.807, 2.05) is 31.2 Å². The summed E-state index contributed by atoms with van der Waals surface area (Å²) in [5.74, 6) is -0.369. The molecular weight excluding hydrogens is 424 g/mol. The number of carbonyl (C=O) groups is 2. The average molecular weight is 455 g/mol. The van der Waals surface area contributed by atoms with Crippen molar-refractivity contribution in [2.45, 2.75) is 52.0 Å². The Kier molecular flexibility index (Phi) is 5.93. The number of hydrogen-bond donors (Lipinski definition) is 1. The predicted octanol–water partition coefficient (Wildman–Crippen LogP) is 4.32. The van der Waals surface area contributed by atoms with Gasteiger partial charge >= 0.3 is 0 Å². The van der Waals surface area contributed by atoms with Crippen molar-refractivity contribution in [1.29, 1.82) is 0 Å². The van der Waals surface area contributed by atoms with E-state index in [2.05, 4.69) is 16.8 Å². The number of aliphatic imine (C=N–C) groups is 1. The zero-order chi connectivity index (χ0) is 23.1. The summed E-state index contributed by atoms with van der Waals surface area (Å²) >= 11 is 6.25. The Morgan fingerprint density at radius 2 is 2.00 bits per heavy atom. The molecule has 1 aromatic rings. The highest BCUT2D eigenvalue weighted by atomic mass is 35.5. The molecule has 1 aliphatic carbocycles. The van der Waals surface area contributed by atoms with Crippen LogP contribution in [0, 0.1) is 5.41 Å². The molecule has 32 heavy (non-hydrogen) atoms. The van der Waals surface area contributed by atoms with Crippen molar-refractivity contribution < 1.29 is 9.59 Å². The number of anilines is 1. The SMILES string of the molecule is C=C1/C(=N\C(=C/C)C(=O)N2CCNC(=O)C2(C)C)C2(CCCC2)CN1c1cccc(Cl)c1. The second kappa shape index (κ2) is 8.39. The smallest absolute Gasteiger partial charge is 0.273 e. The first-order valence-corrected chi connectivity index (χ1v) is 11.7. The number of carbonyl (C=O) groups excluding carboxylic acids is 2. The molecule has 1 spiro atoms. The van der Waals surface area contributed by atoms with Crippen LogP contribution in [-0.4, -0.2) is 47.6 Å². The monoisotopic (exact) mass is 454 g/mol. The molecule has 0 atom stereocenters. The van der Waals surface area contributed by atoms with E-state index in [1.54, 1.807) is 24.8 Å². The quantitative estimate of drug-likeness (QED) is 0.692. The standard InChI is InChI=1S/C25H31ClN4O2/c1-5-20(22(31)30-14-13-27-23(32)24(30,3)4)28-21-17(2)29(16-25(21)11-6-7-12-25)19-10-8-9-18(26)15-19/h5,8-10,15H,2,6-7,11-14,16H2,1,3-4H3,(H,27,32)/b20-5-,28-21+. The lowest BCUT2D eigenvalue weighted by Gasteiger charge is -2.41. The van der Waals surface area contributed by atoms with Gasteiger partial charge in [-0.15, -0.1) is 0 Å². The van der Waals surface area contributed by atoms with Crippen LogP contribution in [0.4, 0.5) is 5.69 Å². The van der Waals surface area contributed by atoms with Gasteiger partial charge in [0.2, 0.25) is 5.91 Å². The summed E-state index contributed by atoms with van der Waals surface area (Å²) in [6.07, 6.45) is 6.05. The lowest BCUT2D eigenvalue weighted by atomic mass is 9.83. The molecule has 1 aromatic carbocycles. The molecular formula is C25H31ClN4O2. The van der Waals surface area contributed by atoms with Crippen molar-refractivity contribution >= 4 is 34.8 Å². The van der Waals surface area contributed by atoms with Gasteiger partial charge in [-0.05, 0) is 51.8 Å². The van der Waals surface area contributed by atoms with Crippen LogP contribution < -0.4 is 10.2 Å². The third-order valence-corrected chi connectivity index (χ3v) is 7.30. The normalized spacial score (nSPS) is 23.9. The van der Waals surface area contributed by atoms with Crippen LogP contribution in [0.1, 0.15) is 46.5 Å². The maximum atomic E-state index is 13.5. The molecule has 2 heterocycles. The highest BCUT2D eigenvalue weighted by molar-refractivity contribution is 6.30. The van der Waals surface area contributed by atoms with E-state index < -0.39 is 5.54 Å². The van der Waals surface area contributed by atoms with Crippen LogP contribution in [-0.2, 0) is 9.59 Å². The van der Waals surface area contributed by atoms with Crippen LogP contribution in [0.25, 0.3) is 0 Å². The molecule has 2 amide bonds. The predicted molar refractivity (Wildman–Crippen MR) is 129 cm³/mol. The van der Waals surface area contributed by atoms with Gasteiger partial charge in [0, 0.05) is 35.8 Å². The number of nitrogens with zero attached hydrogens (tertiary/aromatic N) is 3. The number of hydrogen-bond acceptors (Lipinski definition) is 4. The first kappa shape index (κ1) is 22.6. The number of amides is 2. The van der Waals surface area contributed by atoms with Crippen molar-refractivity contribution in [3.8, 4) is 0 Å². The van der Waals surface area contributed by atoms with E-state index in [0.29, 0.717) is 23.8 Å². The van der Waals surface area contributed by atoms with Gasteiger partial charge in [-0.3, -0.25) is 9.59 Å². The Bertz CT molecular complexity index is 1020. The van der Waals surface area contributed by atoms with E-state index in [0.717, 1.165) is 49.3 Å². The van der Waals surface area contributed by atoms with Gasteiger partial charge in [0.25, 0.3) is 5.91 Å². The molecule has 4 rings (SSSR count). The Labute approximate surface area is 195 Å². The molecule has 0 radical (unpaired) electrons. The van der Waals surface area contributed by atoms with Crippen molar-refractivity contribution in [3.05, 3.63) is 53.3 Å². The van der Waals surface area contributed by atoms with Gasteiger partial charge in [0.05, 0.1) is 11.4 Å². The molecule has 1 saturated carbocycles. The van der Waals surface area contributed by atoms with Gasteiger partial charge in [-0.2, -0.15) is 0 Å². The second-order valence-corrected chi connectivity index (χ2v) is 9.84. The fraction of sp³-hybridized carbons (Fsp3) is 0.480. The molecule has 7 heteroatoms. The average Bonchev–Trinajstić information content (AvgIpc) is 3.33. The zero-order valence-corrected chi connectivity index (χ0v) is 19.8. The van der Waals surface area contributed by atoms with Crippen LogP contribution in [0.15, 0.2) is 53.3 Å². The van der Waals surface area contributed by atoms with E-state index in [1.165, 1.54) is 0 Å². The Morgan fingerprint density at radius 3 is 2.66 bits per heavy atom. The summed E-state index contributed by atoms with van der Waals surface area (Å²) in [6, 6.07) is 7.76. The minimum Gasteiger partial charge on any atom is -0.352 e. The van der Waals surface area contributed by atoms with E-state index in [9.17, 15) is 9.59 Å². The number of allylic oxidation sites excluding steroid dienone is 2. The van der Waals surface area contributed by atoms with Crippen molar-refractivity contribution in [1.82, 2.24) is 10.2 Å². The maximum Gasteiger partial charge on any atom is 0.273 e. The molecule has 0 bridgehead atoms. The zero-order valence-electron chi connectivity index (χ0n) is 19.1. The molecule has 0 unspecified atom stereocenters. The highest BCUT2D eigenvalue weighted by Crippen LogP contribution is 2.48. The number of rotatable bonds is 3. The third kappa shape index (κ3) is 3.75. The minimum absolute atomic E-state index is 0.122. The summed E-state index contributed by atoms with van der Waals surface area (Å²) < 4.78 is 0. The van der Waals surface area contributed by atoms with Crippen LogP contribution in [0.3, 0.4) is 0 Å². The van der Waals surface area contributed by atoms with Gasteiger partial charge < -0.3 is 15.1 Å². The summed E-state index contributed by atoms with van der Waals surface area (Å²) in [6.45, 7) is 11.4. The van der Waals surface area contributed by atoms with Crippen molar-refractivity contribution in [2.24, 2.45) is 10.4 Å². The lowest BCUT2D eigenvalue weighted by Crippen LogP contribution is -2.63. The fourth-order valence-corrected chi connectivity index (χ4v) is 5.36. The molecule has 170 valence electrons. The van der Waals surface area contributed by atoms with E-state index in [4.69, 9.17) is 16.6 Å².